The number of hydrogen-bond donors (Lipinski definition) is 15. The highest BCUT2D eigenvalue weighted by Gasteiger charge is 2.43. The topological polar surface area (TPSA) is 603 Å². The first-order valence-corrected chi connectivity index (χ1v) is 48.5. The molecule has 45 heteroatoms. The largest absolute Gasteiger partial charge is 0.481 e. The summed E-state index contributed by atoms with van der Waals surface area (Å²) in [6.07, 6.45) is -1.38. The van der Waals surface area contributed by atoms with Crippen LogP contribution in [0.5, 0.6) is 0 Å². The van der Waals surface area contributed by atoms with Gasteiger partial charge in [-0.05, 0) is 86.4 Å². The van der Waals surface area contributed by atoms with E-state index in [4.69, 9.17) is 36.4 Å². The second-order valence-electron chi connectivity index (χ2n) is 35.1. The number of nitrogens with zero attached hydrogens (tertiary/aromatic N) is 9. The van der Waals surface area contributed by atoms with Crippen LogP contribution >= 0.6 is 35.3 Å². The summed E-state index contributed by atoms with van der Waals surface area (Å²) in [6.45, 7) is 11.3. The minimum atomic E-state index is -1.81. The Kier molecular flexibility index (Phi) is 40.2. The Morgan fingerprint density at radius 1 is 0.588 bits per heavy atom. The molecule has 8 bridgehead atoms. The molecule has 12 amide bonds. The van der Waals surface area contributed by atoms with E-state index in [1.54, 1.807) is 125 Å². The number of likely N-dealkylation sites (N-methyl/N-ethyl adjacent to an activating group) is 1. The van der Waals surface area contributed by atoms with Crippen molar-refractivity contribution in [3.05, 3.63) is 124 Å². The van der Waals surface area contributed by atoms with E-state index < -0.39 is 223 Å². The van der Waals surface area contributed by atoms with Gasteiger partial charge in [0.15, 0.2) is 17.3 Å². The number of primary amides is 1. The van der Waals surface area contributed by atoms with Crippen LogP contribution in [-0.2, 0) is 157 Å². The number of carbonyl (C=O) groups excluding carboxylic acids is 17. The van der Waals surface area contributed by atoms with Gasteiger partial charge in [-0.25, -0.2) is 0 Å². The number of Topliss-reactive ketones (excluding diaryl/α,β-unsaturated/α-hetero) is 3. The van der Waals surface area contributed by atoms with E-state index in [-0.39, 0.29) is 105 Å². The number of benzene rings is 2. The highest BCUT2D eigenvalue weighted by molar-refractivity contribution is 7.99. The van der Waals surface area contributed by atoms with Gasteiger partial charge in [-0.2, -0.15) is 60.2 Å². The molecule has 0 aliphatic carbocycles. The molecule has 8 heterocycles. The highest BCUT2D eigenvalue weighted by Crippen LogP contribution is 2.29. The number of H-pyrrole nitrogens is 2. The van der Waals surface area contributed by atoms with Gasteiger partial charge in [0.25, 0.3) is 0 Å². The van der Waals surface area contributed by atoms with Gasteiger partial charge in [0.2, 0.25) is 70.9 Å². The third-order valence-corrected chi connectivity index (χ3v) is 27.2. The van der Waals surface area contributed by atoms with Crippen LogP contribution < -0.4 is 59.3 Å². The van der Waals surface area contributed by atoms with E-state index in [0.717, 1.165) is 22.0 Å². The lowest BCUT2D eigenvalue weighted by molar-refractivity contribution is -0.192. The number of amides is 12. The van der Waals surface area contributed by atoms with Gasteiger partial charge in [0, 0.05) is 175 Å². The highest BCUT2D eigenvalue weighted by atomic mass is 32.2. The van der Waals surface area contributed by atoms with Gasteiger partial charge in [-0.15, -0.1) is 0 Å². The van der Waals surface area contributed by atoms with E-state index in [1.165, 1.54) is 61.1 Å². The number of nitrogens with one attached hydrogen (secondary N) is 11. The number of nitrogens with two attached hydrogens (primary N) is 2. The minimum Gasteiger partial charge on any atom is -0.481 e. The number of aliphatic hydroxyl groups excluding tert-OH is 1. The quantitative estimate of drug-likeness (QED) is 0.0522. The number of ketones is 3. The summed E-state index contributed by atoms with van der Waals surface area (Å²) in [5.74, 6) is -16.8. The normalized spacial score (nSPS) is 23.2. The van der Waals surface area contributed by atoms with Crippen molar-refractivity contribution < 1.29 is 96.5 Å². The van der Waals surface area contributed by atoms with Gasteiger partial charge in [0.05, 0.1) is 83.2 Å². The smallest absolute Gasteiger partial charge is 0.373 e. The molecule has 3 aliphatic heterocycles. The Morgan fingerprint density at radius 3 is 1.60 bits per heavy atom. The molecule has 7 aromatic rings. The molecule has 5 aromatic heterocycles. The molecule has 14 atom stereocenters. The molecule has 1 fully saturated rings. The number of rotatable bonds is 19. The first-order valence-electron chi connectivity index (χ1n) is 45.0. The SMILES string of the molecule is CC[C@@H]1NC(=O)[C@H]([C@@H](C)O)NC(=O)[C@@H](CC(=O)[C@H](C)NC(=O)CN(C)C(=O)CCN)CSCc2cc(n(C)n2)CN2Cc3cc(nn3C)CSC[C@H](CC1=O)C(=O)N[C@@H](Cc1c[nH]c3ccccc13)C(=O)N[C@@H](C(C)C)C(=O)N[C@@H](CC(=O)O)C(=O)CCC(=O)N[C@@H](Cc1c[nH]c3ccccc13)C(=O)N[C@@H](C(C)C)C(=O)N1CCC[C@H]1C(=O)N[C@H](C(N)=O)CSCc1cc(n(C)n1)C2.O=C=O. The molecule has 3 aliphatic rings. The maximum absolute atomic E-state index is 15.6. The fraction of sp³-hybridized carbons (Fsp3) is 0.538. The van der Waals surface area contributed by atoms with Crippen molar-refractivity contribution in [1.82, 2.24) is 102 Å². The van der Waals surface area contributed by atoms with Crippen molar-refractivity contribution in [3.63, 3.8) is 0 Å². The molecule has 736 valence electrons. The van der Waals surface area contributed by atoms with Gasteiger partial charge < -0.3 is 89.3 Å². The van der Waals surface area contributed by atoms with Gasteiger partial charge >= 0.3 is 12.1 Å². The molecule has 2 aromatic carbocycles. The van der Waals surface area contributed by atoms with Gasteiger partial charge in [-0.3, -0.25) is 95.7 Å². The lowest BCUT2D eigenvalue weighted by atomic mass is 9.96. The van der Waals surface area contributed by atoms with Crippen LogP contribution in [0.1, 0.15) is 152 Å². The van der Waals surface area contributed by atoms with Crippen molar-refractivity contribution in [2.75, 3.05) is 43.9 Å². The zero-order chi connectivity index (χ0) is 99.5. The number of carboxylic acids is 1. The predicted molar refractivity (Wildman–Crippen MR) is 503 cm³/mol. The summed E-state index contributed by atoms with van der Waals surface area (Å²) < 4.78 is 5.15. The third-order valence-electron chi connectivity index (χ3n) is 23.9. The Morgan fingerprint density at radius 2 is 1.08 bits per heavy atom. The van der Waals surface area contributed by atoms with Crippen LogP contribution in [0.25, 0.3) is 21.8 Å². The number of carbonyl (C=O) groups is 16. The molecule has 0 spiro atoms. The van der Waals surface area contributed by atoms with Crippen LogP contribution in [0.3, 0.4) is 0 Å². The zero-order valence-electron chi connectivity index (χ0n) is 78.1. The molecule has 10 rings (SSSR count). The second-order valence-corrected chi connectivity index (χ2v) is 38.2. The standard InChI is InChI=1S/C90H124N22O18S3.CO2/c1-12-64-74(116)31-55-43-132-45-57-33-60(109(10)105-57)39-111(38-59-32-56(104-108(59)9)44-131-42-54(84(124)103-81(51(7)113)89(129)97-64)30-73(115)50(6)95-76(118)41-107(8)77(119)25-26-91)40-61-34-58(106-110(61)11)46-133-47-70(82(92)122)100-87(127)71-22-17-27-112(71)90(130)80(49(4)5)102-85(125)68(28-52-36-93-65-20-15-13-18-62(52)65)96-75(117)24-23-72(114)67(35-78(120)121)98-88(128)79(48(2)3)101-86(126)69(99-83(55)123)29-53-37-94-66-21-16-14-19-63(53)66;2-1-3/h13-16,18-21,32-34,36-37,48-51,54-55,64,67-71,79-81,93-94,113H,12,17,22-31,35,38-47,91H2,1-11H3,(H2,92,122)(H,95,118)(H,96,117)(H,97,129)(H,98,128)(H,99,123)(H,100,127)(H,101,126)(H,102,125)(H,103,124)(H,120,121);/t50-,51+,54-,55-,64-,67-,68-,69-,70-,71-,79-,80-,81-;/m0./s1. The summed E-state index contributed by atoms with van der Waals surface area (Å²) in [5, 5.41) is 62.1. The van der Waals surface area contributed by atoms with Crippen molar-refractivity contribution in [2.45, 2.75) is 223 Å². The lowest BCUT2D eigenvalue weighted by Gasteiger charge is -2.32. The summed E-state index contributed by atoms with van der Waals surface area (Å²) in [6, 6.07) is 5.79. The zero-order valence-corrected chi connectivity index (χ0v) is 80.5. The number of aromatic amines is 2. The molecular formula is C91H124N22O20S3. The van der Waals surface area contributed by atoms with E-state index in [1.807, 2.05) is 24.3 Å². The van der Waals surface area contributed by atoms with E-state index in [9.17, 15) is 72.5 Å². The number of carboxylic acid groups (broad SMARTS) is 1. The number of aromatic nitrogens is 8. The van der Waals surface area contributed by atoms with Crippen LogP contribution in [-0.4, -0.2) is 275 Å². The summed E-state index contributed by atoms with van der Waals surface area (Å²) >= 11 is 3.75. The van der Waals surface area contributed by atoms with E-state index in [2.05, 4.69) is 62.7 Å². The summed E-state index contributed by atoms with van der Waals surface area (Å²) in [5.41, 5.74) is 18.0. The number of thioether (sulfide) groups is 3. The van der Waals surface area contributed by atoms with Crippen LogP contribution in [0.2, 0.25) is 0 Å². The molecule has 1 unspecified atom stereocenters. The number of aryl methyl sites for hydroxylation is 3. The number of hydrogen-bond acceptors (Lipinski definition) is 27. The van der Waals surface area contributed by atoms with Crippen molar-refractivity contribution in [3.8, 4) is 0 Å². The number of aliphatic hydroxyl groups is 1. The molecule has 0 saturated carbocycles. The summed E-state index contributed by atoms with van der Waals surface area (Å²) in [7, 11) is 6.74. The first-order chi connectivity index (χ1) is 64.7. The van der Waals surface area contributed by atoms with Crippen LogP contribution in [0, 0.1) is 23.7 Å². The van der Waals surface area contributed by atoms with Crippen LogP contribution in [0.4, 0.5) is 0 Å². The maximum Gasteiger partial charge on any atom is 0.373 e. The average Bonchev–Trinajstić information content (AvgIpc) is 1.69. The number of aliphatic carboxylic acids is 1. The Balaban J connectivity index is 0.00000682. The molecule has 17 N–H and O–H groups in total. The van der Waals surface area contributed by atoms with Crippen molar-refractivity contribution in [2.24, 2.45) is 56.3 Å². The molecule has 136 heavy (non-hydrogen) atoms. The molecular weight excluding hydrogens is 1820 g/mol. The second kappa shape index (κ2) is 51.0. The monoisotopic (exact) mass is 1940 g/mol. The lowest BCUT2D eigenvalue weighted by Crippen LogP contribution is -2.59. The fourth-order valence-corrected chi connectivity index (χ4v) is 19.3. The number of para-hydroxylation sites is 2. The maximum atomic E-state index is 15.6. The van der Waals surface area contributed by atoms with Crippen LogP contribution in [0.15, 0.2) is 79.1 Å². The molecule has 42 nitrogen and oxygen atoms in total. The average molecular weight is 1940 g/mol. The minimum absolute atomic E-state index is 0.00806. The van der Waals surface area contributed by atoms with E-state index >= 15 is 14.4 Å². The Hall–Kier alpha value is -12.4. The van der Waals surface area contributed by atoms with E-state index in [0.29, 0.717) is 56.4 Å². The van der Waals surface area contributed by atoms with Gasteiger partial charge in [-0.1, -0.05) is 71.0 Å². The Bertz CT molecular complexity index is 5500. The summed E-state index contributed by atoms with van der Waals surface area (Å²) in [4.78, 5) is 257. The van der Waals surface area contributed by atoms with Crippen molar-refractivity contribution in [1.29, 1.82) is 0 Å². The Labute approximate surface area is 798 Å². The van der Waals surface area contributed by atoms with Crippen molar-refractivity contribution >= 4 is 157 Å². The molecule has 1 saturated heterocycles. The first kappa shape index (κ1) is 107. The third kappa shape index (κ3) is 30.3. The molecule has 0 radical (unpaired) electrons. The number of fused-ring (bicyclic) bond motifs is 11. The van der Waals surface area contributed by atoms with Gasteiger partial charge in [0.1, 0.15) is 42.3 Å². The fourth-order valence-electron chi connectivity index (χ4n) is 16.3. The predicted octanol–water partition coefficient (Wildman–Crippen LogP) is 0.425.